The molecule has 6 nitrogen and oxygen atoms in total. The number of hydrogen-bond acceptors (Lipinski definition) is 7. The third-order valence-electron chi connectivity index (χ3n) is 4.79. The molecular weight excluding hydrogens is 388 g/mol. The van der Waals surface area contributed by atoms with Gasteiger partial charge >= 0.3 is 5.97 Å². The molecule has 0 fully saturated rings. The van der Waals surface area contributed by atoms with Crippen molar-refractivity contribution < 1.29 is 18.8 Å². The first-order valence-electron chi connectivity index (χ1n) is 9.64. The smallest absolute Gasteiger partial charge is 0.306 e. The number of aryl methyl sites for hydroxylation is 3. The molecule has 2 heterocycles. The Morgan fingerprint density at radius 2 is 2.00 bits per heavy atom. The van der Waals surface area contributed by atoms with Gasteiger partial charge in [0, 0.05) is 12.0 Å². The van der Waals surface area contributed by atoms with Crippen LogP contribution in [0, 0.1) is 13.8 Å². The van der Waals surface area contributed by atoms with Gasteiger partial charge in [0.2, 0.25) is 5.82 Å². The Balaban J connectivity index is 1.87. The van der Waals surface area contributed by atoms with Gasteiger partial charge in [0.05, 0.1) is 16.4 Å². The van der Waals surface area contributed by atoms with Gasteiger partial charge in [0.25, 0.3) is 5.89 Å². The molecule has 0 bridgehead atoms. The lowest BCUT2D eigenvalue weighted by Gasteiger charge is -2.13. The van der Waals surface area contributed by atoms with Crippen LogP contribution in [-0.4, -0.2) is 29.0 Å². The molecule has 0 saturated heterocycles. The Morgan fingerprint density at radius 3 is 2.66 bits per heavy atom. The van der Waals surface area contributed by atoms with Crippen molar-refractivity contribution in [3.8, 4) is 22.2 Å². The maximum Gasteiger partial charge on any atom is 0.306 e. The zero-order chi connectivity index (χ0) is 21.0. The van der Waals surface area contributed by atoms with Crippen molar-refractivity contribution in [2.24, 2.45) is 0 Å². The van der Waals surface area contributed by atoms with Crippen molar-refractivity contribution >= 4 is 23.6 Å². The zero-order valence-electron chi connectivity index (χ0n) is 17.1. The molecule has 2 aromatic heterocycles. The zero-order valence-corrected chi connectivity index (χ0v) is 17.9. The minimum atomic E-state index is -0.179. The second-order valence-electron chi connectivity index (χ2n) is 6.79. The van der Waals surface area contributed by atoms with Gasteiger partial charge in [-0.2, -0.15) is 4.98 Å². The molecule has 0 spiro atoms. The van der Waals surface area contributed by atoms with Crippen molar-refractivity contribution in [1.82, 2.24) is 10.1 Å². The lowest BCUT2D eigenvalue weighted by Crippen LogP contribution is -2.07. The lowest BCUT2D eigenvalue weighted by molar-refractivity contribution is -0.143. The van der Waals surface area contributed by atoms with E-state index in [9.17, 15) is 9.59 Å². The molecule has 0 unspecified atom stereocenters. The maximum atomic E-state index is 11.7. The van der Waals surface area contributed by atoms with Crippen LogP contribution < -0.4 is 0 Å². The highest BCUT2D eigenvalue weighted by Crippen LogP contribution is 2.31. The molecule has 0 aliphatic heterocycles. The fraction of sp³-hybridized carbons (Fsp3) is 0.364. The van der Waals surface area contributed by atoms with Crippen LogP contribution in [0.2, 0.25) is 0 Å². The fourth-order valence-electron chi connectivity index (χ4n) is 3.31. The van der Waals surface area contributed by atoms with Gasteiger partial charge in [-0.25, -0.2) is 0 Å². The Kier molecular flexibility index (Phi) is 6.59. The minimum Gasteiger partial charge on any atom is -0.466 e. The molecule has 0 aliphatic carbocycles. The van der Waals surface area contributed by atoms with E-state index in [2.05, 4.69) is 23.1 Å². The number of thiophene rings is 1. The number of rotatable bonds is 8. The Labute approximate surface area is 173 Å². The van der Waals surface area contributed by atoms with Crippen LogP contribution in [0.5, 0.6) is 0 Å². The summed E-state index contributed by atoms with van der Waals surface area (Å²) in [5.74, 6) is 0.735. The standard InChI is InChI=1S/C22H24N2O4S/c1-5-15-11-16(9-13(3)17(15)7-8-20(26)27-6-2)21-23-22(28-24-21)18-10-14(4)19(12-25)29-18/h9-12H,5-8H2,1-4H3. The van der Waals surface area contributed by atoms with E-state index in [1.54, 1.807) is 0 Å². The summed E-state index contributed by atoms with van der Waals surface area (Å²) in [5.41, 5.74) is 5.18. The largest absolute Gasteiger partial charge is 0.466 e. The third-order valence-corrected chi connectivity index (χ3v) is 5.94. The summed E-state index contributed by atoms with van der Waals surface area (Å²) in [6, 6.07) is 5.95. The molecule has 0 N–H and O–H groups in total. The highest BCUT2D eigenvalue weighted by atomic mass is 32.1. The van der Waals surface area contributed by atoms with Crippen molar-refractivity contribution in [1.29, 1.82) is 0 Å². The summed E-state index contributed by atoms with van der Waals surface area (Å²) >= 11 is 1.34. The molecular formula is C22H24N2O4S. The normalized spacial score (nSPS) is 10.9. The molecule has 0 saturated carbocycles. The molecule has 0 radical (unpaired) electrons. The van der Waals surface area contributed by atoms with E-state index in [4.69, 9.17) is 9.26 Å². The second kappa shape index (κ2) is 9.13. The predicted octanol–water partition coefficient (Wildman–Crippen LogP) is 4.95. The summed E-state index contributed by atoms with van der Waals surface area (Å²) in [6.45, 7) is 8.21. The van der Waals surface area contributed by atoms with Crippen molar-refractivity contribution in [3.05, 3.63) is 45.3 Å². The first-order chi connectivity index (χ1) is 14.0. The summed E-state index contributed by atoms with van der Waals surface area (Å²) in [4.78, 5) is 28.8. The average molecular weight is 413 g/mol. The number of esters is 1. The number of aromatic nitrogens is 2. The summed E-state index contributed by atoms with van der Waals surface area (Å²) < 4.78 is 10.5. The Hall–Kier alpha value is -2.80. The Morgan fingerprint density at radius 1 is 1.21 bits per heavy atom. The number of ether oxygens (including phenoxy) is 1. The quantitative estimate of drug-likeness (QED) is 0.384. The topological polar surface area (TPSA) is 82.3 Å². The average Bonchev–Trinajstić information content (AvgIpc) is 3.33. The monoisotopic (exact) mass is 412 g/mol. The van der Waals surface area contributed by atoms with Crippen LogP contribution in [0.4, 0.5) is 0 Å². The summed E-state index contributed by atoms with van der Waals surface area (Å²) in [5, 5.41) is 4.13. The second-order valence-corrected chi connectivity index (χ2v) is 7.87. The van der Waals surface area contributed by atoms with Gasteiger partial charge < -0.3 is 9.26 Å². The molecule has 0 atom stereocenters. The van der Waals surface area contributed by atoms with Gasteiger partial charge in [-0.05, 0) is 74.1 Å². The van der Waals surface area contributed by atoms with Crippen molar-refractivity contribution in [3.63, 3.8) is 0 Å². The molecule has 152 valence electrons. The van der Waals surface area contributed by atoms with Gasteiger partial charge in [0.15, 0.2) is 6.29 Å². The first-order valence-corrected chi connectivity index (χ1v) is 10.5. The Bertz CT molecular complexity index is 1040. The van der Waals surface area contributed by atoms with E-state index in [1.165, 1.54) is 11.3 Å². The SMILES string of the molecule is CCOC(=O)CCc1c(C)cc(-c2noc(-c3cc(C)c(C=O)s3)n2)cc1CC. The summed E-state index contributed by atoms with van der Waals surface area (Å²) in [7, 11) is 0. The van der Waals surface area contributed by atoms with Crippen LogP contribution in [-0.2, 0) is 22.4 Å². The predicted molar refractivity (Wildman–Crippen MR) is 112 cm³/mol. The van der Waals surface area contributed by atoms with Crippen LogP contribution in [0.3, 0.4) is 0 Å². The number of carbonyl (C=O) groups excluding carboxylic acids is 2. The van der Waals surface area contributed by atoms with Crippen molar-refractivity contribution in [2.75, 3.05) is 6.61 Å². The molecule has 7 heteroatoms. The van der Waals surface area contributed by atoms with Gasteiger partial charge in [-0.1, -0.05) is 12.1 Å². The maximum absolute atomic E-state index is 11.7. The highest BCUT2D eigenvalue weighted by molar-refractivity contribution is 7.17. The molecule has 0 amide bonds. The number of benzene rings is 1. The van der Waals surface area contributed by atoms with Crippen molar-refractivity contribution in [2.45, 2.75) is 47.0 Å². The van der Waals surface area contributed by atoms with Crippen LogP contribution in [0.15, 0.2) is 22.7 Å². The van der Waals surface area contributed by atoms with E-state index in [0.29, 0.717) is 36.0 Å². The van der Waals surface area contributed by atoms with E-state index in [1.807, 2.05) is 32.9 Å². The van der Waals surface area contributed by atoms with Gasteiger partial charge in [-0.15, -0.1) is 11.3 Å². The molecule has 1 aromatic carbocycles. The van der Waals surface area contributed by atoms with Crippen LogP contribution in [0.1, 0.15) is 52.2 Å². The van der Waals surface area contributed by atoms with Gasteiger partial charge in [-0.3, -0.25) is 9.59 Å². The molecule has 3 aromatic rings. The number of aldehydes is 1. The first kappa shape index (κ1) is 20.9. The van der Waals surface area contributed by atoms with E-state index >= 15 is 0 Å². The minimum absolute atomic E-state index is 0.179. The lowest BCUT2D eigenvalue weighted by atomic mass is 9.93. The fourth-order valence-corrected chi connectivity index (χ4v) is 4.22. The number of carbonyl (C=O) groups is 2. The summed E-state index contributed by atoms with van der Waals surface area (Å²) in [6.07, 6.45) is 2.69. The van der Waals surface area contributed by atoms with Gasteiger partial charge in [0.1, 0.15) is 0 Å². The van der Waals surface area contributed by atoms with Crippen LogP contribution >= 0.6 is 11.3 Å². The molecule has 3 rings (SSSR count). The number of hydrogen-bond donors (Lipinski definition) is 0. The van der Waals surface area contributed by atoms with E-state index in [-0.39, 0.29) is 5.97 Å². The third kappa shape index (κ3) is 4.62. The van der Waals surface area contributed by atoms with E-state index < -0.39 is 0 Å². The van der Waals surface area contributed by atoms with Crippen LogP contribution in [0.25, 0.3) is 22.2 Å². The number of nitrogens with zero attached hydrogens (tertiary/aromatic N) is 2. The molecule has 29 heavy (non-hydrogen) atoms. The van der Waals surface area contributed by atoms with E-state index in [0.717, 1.165) is 45.4 Å². The highest BCUT2D eigenvalue weighted by Gasteiger charge is 2.17. The molecule has 0 aliphatic rings.